The SMILES string of the molecule is CCCN(C(=O)/C=C/c1ccc(F)cc1)C1CCNCC1. The highest BCUT2D eigenvalue weighted by Crippen LogP contribution is 2.14. The number of benzene rings is 1. The zero-order valence-corrected chi connectivity index (χ0v) is 12.5. The molecule has 0 bridgehead atoms. The van der Waals surface area contributed by atoms with Crippen molar-refractivity contribution in [1.29, 1.82) is 0 Å². The summed E-state index contributed by atoms with van der Waals surface area (Å²) in [5, 5.41) is 3.32. The first kappa shape index (κ1) is 15.7. The first-order valence-corrected chi connectivity index (χ1v) is 7.65. The van der Waals surface area contributed by atoms with Gasteiger partial charge in [0.15, 0.2) is 0 Å². The monoisotopic (exact) mass is 290 g/mol. The fourth-order valence-electron chi connectivity index (χ4n) is 2.67. The number of nitrogens with zero attached hydrogens (tertiary/aromatic N) is 1. The van der Waals surface area contributed by atoms with Crippen LogP contribution < -0.4 is 5.32 Å². The van der Waals surface area contributed by atoms with Crippen molar-refractivity contribution in [2.45, 2.75) is 32.2 Å². The van der Waals surface area contributed by atoms with Crippen molar-refractivity contribution in [2.75, 3.05) is 19.6 Å². The lowest BCUT2D eigenvalue weighted by molar-refractivity contribution is -0.128. The van der Waals surface area contributed by atoms with E-state index in [0.717, 1.165) is 44.5 Å². The average molecular weight is 290 g/mol. The van der Waals surface area contributed by atoms with Crippen LogP contribution in [0.5, 0.6) is 0 Å². The number of amides is 1. The molecule has 0 radical (unpaired) electrons. The van der Waals surface area contributed by atoms with E-state index in [1.807, 2.05) is 4.90 Å². The van der Waals surface area contributed by atoms with Gasteiger partial charge in [-0.3, -0.25) is 4.79 Å². The minimum atomic E-state index is -0.263. The summed E-state index contributed by atoms with van der Waals surface area (Å²) in [5.41, 5.74) is 0.839. The Labute approximate surface area is 125 Å². The molecule has 114 valence electrons. The minimum absolute atomic E-state index is 0.0491. The second kappa shape index (κ2) is 7.93. The second-order valence-corrected chi connectivity index (χ2v) is 5.40. The van der Waals surface area contributed by atoms with Crippen molar-refractivity contribution in [2.24, 2.45) is 0 Å². The highest BCUT2D eigenvalue weighted by atomic mass is 19.1. The van der Waals surface area contributed by atoms with E-state index in [1.54, 1.807) is 24.3 Å². The summed E-state index contributed by atoms with van der Waals surface area (Å²) < 4.78 is 12.9. The molecule has 4 heteroatoms. The van der Waals surface area contributed by atoms with Crippen LogP contribution in [0.15, 0.2) is 30.3 Å². The van der Waals surface area contributed by atoms with Gasteiger partial charge >= 0.3 is 0 Å². The molecule has 0 saturated carbocycles. The van der Waals surface area contributed by atoms with Gasteiger partial charge in [0.2, 0.25) is 5.91 Å². The molecule has 0 atom stereocenters. The fourth-order valence-corrected chi connectivity index (χ4v) is 2.67. The molecule has 3 nitrogen and oxygen atoms in total. The molecule has 1 amide bonds. The Hall–Kier alpha value is -1.68. The van der Waals surface area contributed by atoms with Gasteiger partial charge in [-0.25, -0.2) is 4.39 Å². The van der Waals surface area contributed by atoms with Crippen LogP contribution in [0.3, 0.4) is 0 Å². The number of piperidine rings is 1. The molecule has 1 N–H and O–H groups in total. The van der Waals surface area contributed by atoms with Crippen molar-refractivity contribution >= 4 is 12.0 Å². The maximum Gasteiger partial charge on any atom is 0.246 e. The zero-order valence-electron chi connectivity index (χ0n) is 12.5. The highest BCUT2D eigenvalue weighted by Gasteiger charge is 2.22. The highest BCUT2D eigenvalue weighted by molar-refractivity contribution is 5.92. The Kier molecular flexibility index (Phi) is 5.93. The van der Waals surface area contributed by atoms with Crippen molar-refractivity contribution in [3.05, 3.63) is 41.7 Å². The number of carbonyl (C=O) groups is 1. The molecule has 1 aromatic carbocycles. The summed E-state index contributed by atoms with van der Waals surface area (Å²) >= 11 is 0. The Morgan fingerprint density at radius 1 is 1.33 bits per heavy atom. The van der Waals surface area contributed by atoms with Crippen molar-refractivity contribution in [3.63, 3.8) is 0 Å². The number of hydrogen-bond donors (Lipinski definition) is 1. The van der Waals surface area contributed by atoms with Crippen LogP contribution >= 0.6 is 0 Å². The van der Waals surface area contributed by atoms with Gasteiger partial charge in [0.05, 0.1) is 0 Å². The van der Waals surface area contributed by atoms with E-state index in [1.165, 1.54) is 12.1 Å². The molecule has 1 aliphatic rings. The van der Waals surface area contributed by atoms with Crippen LogP contribution in [0, 0.1) is 5.82 Å². The smallest absolute Gasteiger partial charge is 0.246 e. The third-order valence-corrected chi connectivity index (χ3v) is 3.79. The average Bonchev–Trinajstić information content (AvgIpc) is 2.52. The Morgan fingerprint density at radius 2 is 2.00 bits per heavy atom. The van der Waals surface area contributed by atoms with Gasteiger partial charge in [-0.1, -0.05) is 19.1 Å². The van der Waals surface area contributed by atoms with E-state index < -0.39 is 0 Å². The van der Waals surface area contributed by atoms with Crippen LogP contribution in [-0.2, 0) is 4.79 Å². The molecule has 0 aromatic heterocycles. The quantitative estimate of drug-likeness (QED) is 0.846. The number of rotatable bonds is 5. The van der Waals surface area contributed by atoms with Gasteiger partial charge < -0.3 is 10.2 Å². The van der Waals surface area contributed by atoms with E-state index in [9.17, 15) is 9.18 Å². The maximum atomic E-state index is 12.9. The topological polar surface area (TPSA) is 32.3 Å². The molecule has 1 aliphatic heterocycles. The molecular formula is C17H23FN2O. The molecule has 2 rings (SSSR count). The minimum Gasteiger partial charge on any atom is -0.336 e. The fraction of sp³-hybridized carbons (Fsp3) is 0.471. The number of carbonyl (C=O) groups excluding carboxylic acids is 1. The molecule has 1 aromatic rings. The number of halogens is 1. The van der Waals surface area contributed by atoms with Crippen LogP contribution in [0.25, 0.3) is 6.08 Å². The van der Waals surface area contributed by atoms with Gasteiger partial charge in [0.1, 0.15) is 5.82 Å². The van der Waals surface area contributed by atoms with Gasteiger partial charge in [0.25, 0.3) is 0 Å². The Morgan fingerprint density at radius 3 is 2.62 bits per heavy atom. The molecule has 21 heavy (non-hydrogen) atoms. The Balaban J connectivity index is 2.01. The van der Waals surface area contributed by atoms with Crippen molar-refractivity contribution in [3.8, 4) is 0 Å². The molecule has 1 heterocycles. The van der Waals surface area contributed by atoms with Crippen molar-refractivity contribution in [1.82, 2.24) is 10.2 Å². The predicted molar refractivity (Wildman–Crippen MR) is 83.3 cm³/mol. The van der Waals surface area contributed by atoms with Gasteiger partial charge in [-0.2, -0.15) is 0 Å². The van der Waals surface area contributed by atoms with Gasteiger partial charge in [-0.05, 0) is 56.1 Å². The Bertz CT molecular complexity index is 478. The molecule has 1 saturated heterocycles. The van der Waals surface area contributed by atoms with Crippen LogP contribution in [-0.4, -0.2) is 36.5 Å². The van der Waals surface area contributed by atoms with Crippen LogP contribution in [0.4, 0.5) is 4.39 Å². The van der Waals surface area contributed by atoms with Gasteiger partial charge in [0, 0.05) is 18.7 Å². The van der Waals surface area contributed by atoms with E-state index in [0.29, 0.717) is 6.04 Å². The number of hydrogen-bond acceptors (Lipinski definition) is 2. The second-order valence-electron chi connectivity index (χ2n) is 5.40. The molecule has 0 unspecified atom stereocenters. The lowest BCUT2D eigenvalue weighted by Gasteiger charge is -2.34. The normalized spacial score (nSPS) is 16.3. The van der Waals surface area contributed by atoms with Crippen LogP contribution in [0.1, 0.15) is 31.7 Å². The van der Waals surface area contributed by atoms with E-state index in [4.69, 9.17) is 0 Å². The van der Waals surface area contributed by atoms with Crippen molar-refractivity contribution < 1.29 is 9.18 Å². The molecule has 1 fully saturated rings. The van der Waals surface area contributed by atoms with Crippen LogP contribution in [0.2, 0.25) is 0 Å². The lowest BCUT2D eigenvalue weighted by Crippen LogP contribution is -2.45. The lowest BCUT2D eigenvalue weighted by atomic mass is 10.0. The first-order valence-electron chi connectivity index (χ1n) is 7.65. The maximum absolute atomic E-state index is 12.9. The third kappa shape index (κ3) is 4.67. The largest absolute Gasteiger partial charge is 0.336 e. The standard InChI is InChI=1S/C17H23FN2O/c1-2-13-20(16-9-11-19-12-10-16)17(21)8-5-14-3-6-15(18)7-4-14/h3-8,16,19H,2,9-13H2,1H3/b8-5+. The summed E-state index contributed by atoms with van der Waals surface area (Å²) in [6.45, 7) is 4.82. The van der Waals surface area contributed by atoms with E-state index in [-0.39, 0.29) is 11.7 Å². The molecular weight excluding hydrogens is 267 g/mol. The summed E-state index contributed by atoms with van der Waals surface area (Å²) in [6, 6.07) is 6.49. The number of nitrogens with one attached hydrogen (secondary N) is 1. The van der Waals surface area contributed by atoms with E-state index >= 15 is 0 Å². The summed E-state index contributed by atoms with van der Waals surface area (Å²) in [6.07, 6.45) is 6.34. The van der Waals surface area contributed by atoms with E-state index in [2.05, 4.69) is 12.2 Å². The third-order valence-electron chi connectivity index (χ3n) is 3.79. The summed E-state index contributed by atoms with van der Waals surface area (Å²) in [7, 11) is 0. The predicted octanol–water partition coefficient (Wildman–Crippen LogP) is 2.83. The molecule has 0 aliphatic carbocycles. The first-order chi connectivity index (χ1) is 10.2. The molecule has 0 spiro atoms. The van der Waals surface area contributed by atoms with Gasteiger partial charge in [-0.15, -0.1) is 0 Å². The summed E-state index contributed by atoms with van der Waals surface area (Å²) in [5.74, 6) is -0.214. The summed E-state index contributed by atoms with van der Waals surface area (Å²) in [4.78, 5) is 14.4. The zero-order chi connectivity index (χ0) is 15.1.